The third kappa shape index (κ3) is 5.45. The lowest BCUT2D eigenvalue weighted by Gasteiger charge is -2.11. The van der Waals surface area contributed by atoms with Crippen molar-refractivity contribution in [1.82, 2.24) is 10.3 Å². The molecule has 5 nitrogen and oxygen atoms in total. The van der Waals surface area contributed by atoms with Gasteiger partial charge in [-0.2, -0.15) is 0 Å². The van der Waals surface area contributed by atoms with Crippen LogP contribution in [0.5, 0.6) is 0 Å². The molecule has 1 amide bonds. The number of hydrogen-bond donors (Lipinski definition) is 2. The van der Waals surface area contributed by atoms with E-state index in [2.05, 4.69) is 41.5 Å². The molecular formula is C18H22N2O3S. The molecule has 0 saturated carbocycles. The number of aliphatic carboxylic acids is 1. The van der Waals surface area contributed by atoms with Crippen molar-refractivity contribution in [1.29, 1.82) is 0 Å². The lowest BCUT2D eigenvalue weighted by atomic mass is 10.1. The van der Waals surface area contributed by atoms with Crippen molar-refractivity contribution in [3.05, 3.63) is 40.9 Å². The number of aryl methyl sites for hydroxylation is 1. The Morgan fingerprint density at radius 1 is 1.29 bits per heavy atom. The van der Waals surface area contributed by atoms with Gasteiger partial charge in [0.1, 0.15) is 5.01 Å². The number of nitrogens with zero attached hydrogens (tertiary/aromatic N) is 1. The first-order valence-corrected chi connectivity index (χ1v) is 8.90. The summed E-state index contributed by atoms with van der Waals surface area (Å²) in [5, 5.41) is 14.3. The maximum atomic E-state index is 12.0. The first-order valence-electron chi connectivity index (χ1n) is 8.02. The van der Waals surface area contributed by atoms with Gasteiger partial charge >= 0.3 is 5.97 Å². The van der Waals surface area contributed by atoms with Gasteiger partial charge in [0.2, 0.25) is 5.91 Å². The SMILES string of the molecule is CCc1ccc(-c2nc(CC(=O)NC(C)CCC(=O)O)cs2)cc1. The summed E-state index contributed by atoms with van der Waals surface area (Å²) in [5.41, 5.74) is 3.07. The normalized spacial score (nSPS) is 11.9. The minimum atomic E-state index is -0.852. The van der Waals surface area contributed by atoms with Crippen LogP contribution in [0.1, 0.15) is 37.9 Å². The summed E-state index contributed by atoms with van der Waals surface area (Å²) < 4.78 is 0. The zero-order valence-electron chi connectivity index (χ0n) is 13.9. The summed E-state index contributed by atoms with van der Waals surface area (Å²) in [6, 6.07) is 8.12. The average Bonchev–Trinajstić information content (AvgIpc) is 3.01. The minimum Gasteiger partial charge on any atom is -0.481 e. The van der Waals surface area contributed by atoms with E-state index in [0.29, 0.717) is 6.42 Å². The summed E-state index contributed by atoms with van der Waals surface area (Å²) in [7, 11) is 0. The van der Waals surface area contributed by atoms with E-state index in [-0.39, 0.29) is 24.8 Å². The van der Waals surface area contributed by atoms with Crippen molar-refractivity contribution in [3.63, 3.8) is 0 Å². The zero-order valence-corrected chi connectivity index (χ0v) is 14.7. The quantitative estimate of drug-likeness (QED) is 0.769. The Balaban J connectivity index is 1.90. The Morgan fingerprint density at radius 3 is 2.62 bits per heavy atom. The third-order valence-electron chi connectivity index (χ3n) is 3.70. The molecule has 2 aromatic rings. The van der Waals surface area contributed by atoms with Crippen molar-refractivity contribution in [2.24, 2.45) is 0 Å². The van der Waals surface area contributed by atoms with E-state index in [4.69, 9.17) is 5.11 Å². The molecule has 1 heterocycles. The second-order valence-corrected chi connectivity index (χ2v) is 6.63. The van der Waals surface area contributed by atoms with Gasteiger partial charge in [0.25, 0.3) is 0 Å². The van der Waals surface area contributed by atoms with Gasteiger partial charge in [0.05, 0.1) is 12.1 Å². The third-order valence-corrected chi connectivity index (χ3v) is 4.64. The van der Waals surface area contributed by atoms with E-state index in [9.17, 15) is 9.59 Å². The smallest absolute Gasteiger partial charge is 0.303 e. The van der Waals surface area contributed by atoms with Crippen LogP contribution in [-0.4, -0.2) is 28.0 Å². The molecular weight excluding hydrogens is 324 g/mol. The lowest BCUT2D eigenvalue weighted by Crippen LogP contribution is -2.34. The summed E-state index contributed by atoms with van der Waals surface area (Å²) in [5.74, 6) is -0.986. The fourth-order valence-electron chi connectivity index (χ4n) is 2.31. The van der Waals surface area contributed by atoms with Gasteiger partial charge in [-0.3, -0.25) is 9.59 Å². The molecule has 2 N–H and O–H groups in total. The number of carbonyl (C=O) groups is 2. The first kappa shape index (κ1) is 18.1. The summed E-state index contributed by atoms with van der Waals surface area (Å²) in [6.07, 6.45) is 1.69. The maximum Gasteiger partial charge on any atom is 0.303 e. The highest BCUT2D eigenvalue weighted by atomic mass is 32.1. The fraction of sp³-hybridized carbons (Fsp3) is 0.389. The number of rotatable bonds is 8. The lowest BCUT2D eigenvalue weighted by molar-refractivity contribution is -0.137. The van der Waals surface area contributed by atoms with E-state index in [1.807, 2.05) is 12.3 Å². The van der Waals surface area contributed by atoms with Crippen molar-refractivity contribution >= 4 is 23.2 Å². The van der Waals surface area contributed by atoms with Crippen LogP contribution < -0.4 is 5.32 Å². The van der Waals surface area contributed by atoms with Crippen LogP contribution >= 0.6 is 11.3 Å². The molecule has 1 atom stereocenters. The van der Waals surface area contributed by atoms with Crippen molar-refractivity contribution in [2.45, 2.75) is 45.6 Å². The first-order chi connectivity index (χ1) is 11.5. The Bertz CT molecular complexity index is 695. The number of amides is 1. The number of carbonyl (C=O) groups excluding carboxylic acids is 1. The summed E-state index contributed by atoms with van der Waals surface area (Å²) in [4.78, 5) is 27.1. The minimum absolute atomic E-state index is 0.0516. The number of thiazole rings is 1. The highest BCUT2D eigenvalue weighted by Crippen LogP contribution is 2.24. The molecule has 1 aromatic carbocycles. The number of benzene rings is 1. The van der Waals surface area contributed by atoms with Gasteiger partial charge in [-0.05, 0) is 25.3 Å². The van der Waals surface area contributed by atoms with Crippen molar-refractivity contribution in [2.75, 3.05) is 0 Å². The molecule has 6 heteroatoms. The molecule has 1 aromatic heterocycles. The van der Waals surface area contributed by atoms with Crippen LogP contribution in [0, 0.1) is 0 Å². The van der Waals surface area contributed by atoms with Crippen LogP contribution in [0.2, 0.25) is 0 Å². The molecule has 0 bridgehead atoms. The van der Waals surface area contributed by atoms with Gasteiger partial charge in [-0.25, -0.2) is 4.98 Å². The molecule has 0 spiro atoms. The molecule has 24 heavy (non-hydrogen) atoms. The van der Waals surface area contributed by atoms with Gasteiger partial charge in [-0.15, -0.1) is 11.3 Å². The molecule has 0 aliphatic rings. The van der Waals surface area contributed by atoms with E-state index in [0.717, 1.165) is 22.7 Å². The predicted molar refractivity (Wildman–Crippen MR) is 95.1 cm³/mol. The van der Waals surface area contributed by atoms with Gasteiger partial charge in [0, 0.05) is 23.4 Å². The van der Waals surface area contributed by atoms with E-state index < -0.39 is 5.97 Å². The Kier molecular flexibility index (Phi) is 6.49. The van der Waals surface area contributed by atoms with E-state index in [1.165, 1.54) is 16.9 Å². The summed E-state index contributed by atoms with van der Waals surface area (Å²) >= 11 is 1.52. The van der Waals surface area contributed by atoms with Crippen LogP contribution in [0.15, 0.2) is 29.6 Å². The van der Waals surface area contributed by atoms with Gasteiger partial charge in [-0.1, -0.05) is 31.2 Å². The number of aromatic nitrogens is 1. The molecule has 0 aliphatic heterocycles. The topological polar surface area (TPSA) is 79.3 Å². The number of carboxylic acids is 1. The number of carboxylic acid groups (broad SMARTS) is 1. The molecule has 0 radical (unpaired) electrons. The number of nitrogens with one attached hydrogen (secondary N) is 1. The largest absolute Gasteiger partial charge is 0.481 e. The monoisotopic (exact) mass is 346 g/mol. The maximum absolute atomic E-state index is 12.0. The van der Waals surface area contributed by atoms with E-state index in [1.54, 1.807) is 0 Å². The Hall–Kier alpha value is -2.21. The second-order valence-electron chi connectivity index (χ2n) is 5.77. The van der Waals surface area contributed by atoms with Crippen LogP contribution in [0.4, 0.5) is 0 Å². The van der Waals surface area contributed by atoms with Crippen molar-refractivity contribution < 1.29 is 14.7 Å². The molecule has 1 unspecified atom stereocenters. The van der Waals surface area contributed by atoms with Crippen LogP contribution in [0.25, 0.3) is 10.6 Å². The standard InChI is InChI=1S/C18H22N2O3S/c1-3-13-5-7-14(8-6-13)18-20-15(11-24-18)10-16(21)19-12(2)4-9-17(22)23/h5-8,11-12H,3-4,9-10H2,1-2H3,(H,19,21)(H,22,23). The Morgan fingerprint density at radius 2 is 2.00 bits per heavy atom. The highest BCUT2D eigenvalue weighted by Gasteiger charge is 2.12. The molecule has 0 aliphatic carbocycles. The predicted octanol–water partition coefficient (Wildman–Crippen LogP) is 3.28. The zero-order chi connectivity index (χ0) is 17.5. The Labute approximate surface area is 145 Å². The second kappa shape index (κ2) is 8.59. The van der Waals surface area contributed by atoms with Crippen LogP contribution in [0.3, 0.4) is 0 Å². The molecule has 0 fully saturated rings. The molecule has 128 valence electrons. The van der Waals surface area contributed by atoms with Gasteiger partial charge in [0.15, 0.2) is 0 Å². The average molecular weight is 346 g/mol. The molecule has 0 saturated heterocycles. The van der Waals surface area contributed by atoms with Gasteiger partial charge < -0.3 is 10.4 Å². The molecule has 2 rings (SSSR count). The highest BCUT2D eigenvalue weighted by molar-refractivity contribution is 7.13. The summed E-state index contributed by atoms with van der Waals surface area (Å²) in [6.45, 7) is 3.93. The van der Waals surface area contributed by atoms with E-state index >= 15 is 0 Å². The fourth-order valence-corrected chi connectivity index (χ4v) is 3.13. The van der Waals surface area contributed by atoms with Crippen LogP contribution in [-0.2, 0) is 22.4 Å². The van der Waals surface area contributed by atoms with Crippen molar-refractivity contribution in [3.8, 4) is 10.6 Å². The number of hydrogen-bond acceptors (Lipinski definition) is 4.